The maximum atomic E-state index is 12.4. The van der Waals surface area contributed by atoms with Gasteiger partial charge in [-0.15, -0.1) is 0 Å². The molecule has 78 valence electrons. The molecular formula is C8H3BrF2N2O2. The van der Waals surface area contributed by atoms with Crippen LogP contribution in [0.4, 0.5) is 8.78 Å². The van der Waals surface area contributed by atoms with E-state index >= 15 is 0 Å². The van der Waals surface area contributed by atoms with Gasteiger partial charge < -0.3 is 5.11 Å². The molecule has 0 unspecified atom stereocenters. The average Bonchev–Trinajstić information content (AvgIpc) is 2.15. The number of rotatable bonds is 2. The van der Waals surface area contributed by atoms with Crippen LogP contribution in [0.1, 0.15) is 28.0 Å². The van der Waals surface area contributed by atoms with E-state index in [1.807, 2.05) is 0 Å². The van der Waals surface area contributed by atoms with Crippen LogP contribution in [0.2, 0.25) is 0 Å². The molecule has 0 saturated carbocycles. The number of nitriles is 1. The first-order valence-electron chi connectivity index (χ1n) is 3.59. The van der Waals surface area contributed by atoms with Crippen molar-refractivity contribution in [1.29, 1.82) is 5.26 Å². The summed E-state index contributed by atoms with van der Waals surface area (Å²) in [5, 5.41) is 17.3. The zero-order valence-electron chi connectivity index (χ0n) is 7.04. The third kappa shape index (κ3) is 2.10. The normalized spacial score (nSPS) is 10.1. The molecule has 1 aromatic heterocycles. The highest BCUT2D eigenvalue weighted by atomic mass is 79.9. The summed E-state index contributed by atoms with van der Waals surface area (Å²) in [6, 6.07) is 1.41. The van der Waals surface area contributed by atoms with Crippen LogP contribution < -0.4 is 0 Å². The fourth-order valence-corrected chi connectivity index (χ4v) is 1.46. The Balaban J connectivity index is 3.56. The zero-order chi connectivity index (χ0) is 11.6. The largest absolute Gasteiger partial charge is 0.478 e. The van der Waals surface area contributed by atoms with Crippen LogP contribution in [-0.2, 0) is 0 Å². The highest BCUT2D eigenvalue weighted by Crippen LogP contribution is 2.27. The van der Waals surface area contributed by atoms with Gasteiger partial charge in [-0.2, -0.15) is 5.26 Å². The molecule has 0 atom stereocenters. The first-order chi connectivity index (χ1) is 6.99. The fourth-order valence-electron chi connectivity index (χ4n) is 0.991. The van der Waals surface area contributed by atoms with Crippen LogP contribution in [0.25, 0.3) is 0 Å². The Hall–Kier alpha value is -1.55. The number of halogens is 3. The van der Waals surface area contributed by atoms with Gasteiger partial charge in [0.05, 0.1) is 15.6 Å². The van der Waals surface area contributed by atoms with Crippen molar-refractivity contribution in [2.24, 2.45) is 0 Å². The lowest BCUT2D eigenvalue weighted by molar-refractivity contribution is 0.0694. The summed E-state index contributed by atoms with van der Waals surface area (Å²) in [7, 11) is 0. The minimum absolute atomic E-state index is 0.00375. The van der Waals surface area contributed by atoms with Crippen LogP contribution in [0, 0.1) is 11.3 Å². The summed E-state index contributed by atoms with van der Waals surface area (Å²) in [5.41, 5.74) is -1.94. The predicted octanol–water partition coefficient (Wildman–Crippen LogP) is 2.35. The number of carboxylic acids is 1. The van der Waals surface area contributed by atoms with Crippen molar-refractivity contribution in [3.05, 3.63) is 27.5 Å². The number of alkyl halides is 2. The molecule has 0 fully saturated rings. The van der Waals surface area contributed by atoms with E-state index in [0.717, 1.165) is 6.20 Å². The molecule has 0 spiro atoms. The van der Waals surface area contributed by atoms with Gasteiger partial charge in [-0.05, 0) is 15.9 Å². The number of nitrogens with zero attached hydrogens (tertiary/aromatic N) is 2. The molecular weight excluding hydrogens is 274 g/mol. The molecule has 1 rings (SSSR count). The fraction of sp³-hybridized carbons (Fsp3) is 0.125. The van der Waals surface area contributed by atoms with E-state index in [1.165, 1.54) is 6.07 Å². The number of pyridine rings is 1. The van der Waals surface area contributed by atoms with Gasteiger partial charge in [0.15, 0.2) is 0 Å². The second-order valence-electron chi connectivity index (χ2n) is 2.46. The number of carbonyl (C=O) groups is 1. The second-order valence-corrected chi connectivity index (χ2v) is 3.31. The van der Waals surface area contributed by atoms with Crippen LogP contribution in [-0.4, -0.2) is 16.1 Å². The summed E-state index contributed by atoms with van der Waals surface area (Å²) in [4.78, 5) is 14.0. The van der Waals surface area contributed by atoms with Gasteiger partial charge in [0.25, 0.3) is 6.43 Å². The van der Waals surface area contributed by atoms with Gasteiger partial charge in [-0.3, -0.25) is 4.98 Å². The van der Waals surface area contributed by atoms with Gasteiger partial charge in [0.1, 0.15) is 11.8 Å². The Bertz CT molecular complexity index is 457. The van der Waals surface area contributed by atoms with Crippen molar-refractivity contribution >= 4 is 21.9 Å². The molecule has 0 saturated heterocycles. The Kier molecular flexibility index (Phi) is 3.31. The topological polar surface area (TPSA) is 74.0 Å². The van der Waals surface area contributed by atoms with Gasteiger partial charge in [-0.1, -0.05) is 0 Å². The van der Waals surface area contributed by atoms with Gasteiger partial charge in [0, 0.05) is 6.20 Å². The molecule has 0 aliphatic heterocycles. The lowest BCUT2D eigenvalue weighted by Crippen LogP contribution is -2.07. The monoisotopic (exact) mass is 276 g/mol. The van der Waals surface area contributed by atoms with Gasteiger partial charge in [-0.25, -0.2) is 13.6 Å². The molecule has 0 amide bonds. The van der Waals surface area contributed by atoms with Crippen molar-refractivity contribution in [3.8, 4) is 6.07 Å². The molecule has 1 aromatic rings. The molecule has 0 aromatic carbocycles. The van der Waals surface area contributed by atoms with E-state index in [1.54, 1.807) is 0 Å². The Morgan fingerprint density at radius 1 is 1.67 bits per heavy atom. The summed E-state index contributed by atoms with van der Waals surface area (Å²) >= 11 is 2.83. The number of carboxylic acid groups (broad SMARTS) is 1. The third-order valence-corrected chi connectivity index (χ3v) is 2.20. The van der Waals surface area contributed by atoms with Crippen molar-refractivity contribution < 1.29 is 18.7 Å². The summed E-state index contributed by atoms with van der Waals surface area (Å²) < 4.78 is 24.7. The minimum Gasteiger partial charge on any atom is -0.478 e. The van der Waals surface area contributed by atoms with E-state index in [4.69, 9.17) is 10.4 Å². The first-order valence-corrected chi connectivity index (χ1v) is 4.38. The molecule has 0 aliphatic carbocycles. The Morgan fingerprint density at radius 3 is 2.67 bits per heavy atom. The van der Waals surface area contributed by atoms with Crippen LogP contribution in [0.5, 0.6) is 0 Å². The Labute approximate surface area is 91.3 Å². The molecule has 0 bridgehead atoms. The number of aromatic nitrogens is 1. The second kappa shape index (κ2) is 4.31. The van der Waals surface area contributed by atoms with E-state index < -0.39 is 29.2 Å². The van der Waals surface area contributed by atoms with Gasteiger partial charge >= 0.3 is 5.97 Å². The first kappa shape index (κ1) is 11.5. The lowest BCUT2D eigenvalue weighted by atomic mass is 10.1. The Morgan fingerprint density at radius 2 is 2.27 bits per heavy atom. The molecule has 1 heterocycles. The number of hydrogen-bond donors (Lipinski definition) is 1. The predicted molar refractivity (Wildman–Crippen MR) is 48.6 cm³/mol. The molecule has 7 heteroatoms. The molecule has 4 nitrogen and oxygen atoms in total. The molecule has 1 N–H and O–H groups in total. The van der Waals surface area contributed by atoms with Crippen molar-refractivity contribution in [2.75, 3.05) is 0 Å². The lowest BCUT2D eigenvalue weighted by Gasteiger charge is -2.06. The highest BCUT2D eigenvalue weighted by molar-refractivity contribution is 9.10. The number of hydrogen-bond acceptors (Lipinski definition) is 3. The maximum absolute atomic E-state index is 12.4. The molecule has 15 heavy (non-hydrogen) atoms. The van der Waals surface area contributed by atoms with Gasteiger partial charge in [0.2, 0.25) is 0 Å². The van der Waals surface area contributed by atoms with E-state index in [9.17, 15) is 13.6 Å². The van der Waals surface area contributed by atoms with Crippen LogP contribution >= 0.6 is 15.9 Å². The highest BCUT2D eigenvalue weighted by Gasteiger charge is 2.23. The summed E-state index contributed by atoms with van der Waals surface area (Å²) in [6.07, 6.45) is -2.04. The quantitative estimate of drug-likeness (QED) is 0.900. The van der Waals surface area contributed by atoms with E-state index in [-0.39, 0.29) is 4.47 Å². The molecule has 0 radical (unpaired) electrons. The average molecular weight is 277 g/mol. The van der Waals surface area contributed by atoms with Crippen molar-refractivity contribution in [3.63, 3.8) is 0 Å². The smallest absolute Gasteiger partial charge is 0.338 e. The van der Waals surface area contributed by atoms with Crippen LogP contribution in [0.15, 0.2) is 10.7 Å². The third-order valence-electron chi connectivity index (χ3n) is 1.59. The van der Waals surface area contributed by atoms with E-state index in [2.05, 4.69) is 20.9 Å². The summed E-state index contributed by atoms with van der Waals surface area (Å²) in [5.74, 6) is -1.46. The van der Waals surface area contributed by atoms with Crippen LogP contribution in [0.3, 0.4) is 0 Å². The van der Waals surface area contributed by atoms with E-state index in [0.29, 0.717) is 0 Å². The maximum Gasteiger partial charge on any atom is 0.338 e. The zero-order valence-corrected chi connectivity index (χ0v) is 8.62. The molecule has 0 aliphatic rings. The van der Waals surface area contributed by atoms with Crippen molar-refractivity contribution in [1.82, 2.24) is 4.98 Å². The minimum atomic E-state index is -2.98. The standard InChI is InChI=1S/C8H3BrF2N2O2/c9-4-2-13-6(7(10)11)3(1-12)5(4)8(14)15/h2,7H,(H,14,15). The van der Waals surface area contributed by atoms with Crippen molar-refractivity contribution in [2.45, 2.75) is 6.43 Å². The SMILES string of the molecule is N#Cc1c(C(F)F)ncc(Br)c1C(=O)O. The summed E-state index contributed by atoms with van der Waals surface area (Å²) in [6.45, 7) is 0. The number of aromatic carboxylic acids is 1.